The Morgan fingerprint density at radius 2 is 2.17 bits per heavy atom. The van der Waals surface area contributed by atoms with Crippen LogP contribution in [0.15, 0.2) is 6.33 Å². The van der Waals surface area contributed by atoms with E-state index in [9.17, 15) is 0 Å². The van der Waals surface area contributed by atoms with Crippen molar-refractivity contribution in [2.45, 2.75) is 25.3 Å². The normalized spacial score (nSPS) is 19.2. The Morgan fingerprint density at radius 3 is 2.96 bits per heavy atom. The van der Waals surface area contributed by atoms with E-state index in [1.807, 2.05) is 18.7 Å². The second kappa shape index (κ2) is 6.18. The van der Waals surface area contributed by atoms with Gasteiger partial charge in [0.1, 0.15) is 23.2 Å². The number of hydrogen-bond acceptors (Lipinski definition) is 7. The lowest BCUT2D eigenvalue weighted by Crippen LogP contribution is -2.40. The molecule has 1 aliphatic rings. The first-order valence-corrected chi connectivity index (χ1v) is 9.11. The van der Waals surface area contributed by atoms with Crippen LogP contribution in [-0.4, -0.2) is 57.7 Å². The zero-order valence-electron chi connectivity index (χ0n) is 14.2. The van der Waals surface area contributed by atoms with E-state index in [2.05, 4.69) is 32.2 Å². The molecule has 1 unspecified atom stereocenters. The molecule has 0 spiro atoms. The zero-order chi connectivity index (χ0) is 16.7. The predicted octanol–water partition coefficient (Wildman–Crippen LogP) is 2.48. The monoisotopic (exact) mass is 346 g/mol. The SMILES string of the molecule is CNc1nc2sc(OCC3CCCCN3C)nc2c2c1ncn2C. The van der Waals surface area contributed by atoms with E-state index in [4.69, 9.17) is 4.74 Å². The molecule has 1 atom stereocenters. The van der Waals surface area contributed by atoms with Crippen LogP contribution >= 0.6 is 11.3 Å². The number of aromatic nitrogens is 4. The maximum absolute atomic E-state index is 6.02. The number of nitrogens with zero attached hydrogens (tertiary/aromatic N) is 5. The van der Waals surface area contributed by atoms with E-state index >= 15 is 0 Å². The Balaban J connectivity index is 1.65. The maximum atomic E-state index is 6.02. The van der Waals surface area contributed by atoms with Gasteiger partial charge in [-0.05, 0) is 26.4 Å². The molecule has 8 heteroatoms. The summed E-state index contributed by atoms with van der Waals surface area (Å²) >= 11 is 1.50. The average Bonchev–Trinajstić information content (AvgIpc) is 3.16. The number of thiazole rings is 1. The van der Waals surface area contributed by atoms with Crippen molar-refractivity contribution < 1.29 is 4.74 Å². The largest absolute Gasteiger partial charge is 0.468 e. The molecule has 0 bridgehead atoms. The minimum Gasteiger partial charge on any atom is -0.468 e. The van der Waals surface area contributed by atoms with Gasteiger partial charge in [0.15, 0.2) is 10.6 Å². The second-order valence-electron chi connectivity index (χ2n) is 6.34. The van der Waals surface area contributed by atoms with Gasteiger partial charge in [-0.1, -0.05) is 17.8 Å². The average molecular weight is 346 g/mol. The van der Waals surface area contributed by atoms with E-state index in [0.717, 1.165) is 33.7 Å². The van der Waals surface area contributed by atoms with Gasteiger partial charge in [-0.15, -0.1) is 0 Å². The first-order valence-electron chi connectivity index (χ1n) is 8.29. The number of rotatable bonds is 4. The second-order valence-corrected chi connectivity index (χ2v) is 7.28. The fraction of sp³-hybridized carbons (Fsp3) is 0.562. The Kier molecular flexibility index (Phi) is 4.01. The van der Waals surface area contributed by atoms with Gasteiger partial charge in [-0.2, -0.15) is 4.98 Å². The minimum atomic E-state index is 0.475. The highest BCUT2D eigenvalue weighted by Crippen LogP contribution is 2.34. The lowest BCUT2D eigenvalue weighted by atomic mass is 10.0. The minimum absolute atomic E-state index is 0.475. The van der Waals surface area contributed by atoms with Gasteiger partial charge >= 0.3 is 0 Å². The van der Waals surface area contributed by atoms with Crippen LogP contribution in [0.5, 0.6) is 5.19 Å². The van der Waals surface area contributed by atoms with Crippen molar-refractivity contribution in [3.63, 3.8) is 0 Å². The molecule has 7 nitrogen and oxygen atoms in total. The van der Waals surface area contributed by atoms with E-state index in [-0.39, 0.29) is 0 Å². The summed E-state index contributed by atoms with van der Waals surface area (Å²) in [6.45, 7) is 1.83. The van der Waals surface area contributed by atoms with Crippen LogP contribution in [0.2, 0.25) is 0 Å². The molecule has 0 aromatic carbocycles. The molecular weight excluding hydrogens is 324 g/mol. The van der Waals surface area contributed by atoms with E-state index in [1.54, 1.807) is 6.33 Å². The molecule has 3 aromatic heterocycles. The Bertz CT molecular complexity index is 872. The van der Waals surface area contributed by atoms with E-state index in [1.165, 1.54) is 30.6 Å². The molecule has 128 valence electrons. The highest BCUT2D eigenvalue weighted by Gasteiger charge is 2.21. The molecule has 0 radical (unpaired) electrons. The topological polar surface area (TPSA) is 68.1 Å². The summed E-state index contributed by atoms with van der Waals surface area (Å²) in [5, 5.41) is 3.81. The van der Waals surface area contributed by atoms with Crippen molar-refractivity contribution in [1.82, 2.24) is 24.4 Å². The van der Waals surface area contributed by atoms with E-state index < -0.39 is 0 Å². The van der Waals surface area contributed by atoms with Crippen LogP contribution in [0.1, 0.15) is 19.3 Å². The number of imidazole rings is 1. The third-order valence-electron chi connectivity index (χ3n) is 4.75. The van der Waals surface area contributed by atoms with Crippen LogP contribution in [0, 0.1) is 0 Å². The van der Waals surface area contributed by atoms with Gasteiger partial charge in [0.25, 0.3) is 5.19 Å². The van der Waals surface area contributed by atoms with Crippen molar-refractivity contribution in [3.05, 3.63) is 6.33 Å². The molecule has 4 rings (SSSR count). The zero-order valence-corrected chi connectivity index (χ0v) is 15.1. The van der Waals surface area contributed by atoms with Crippen molar-refractivity contribution in [2.75, 3.05) is 32.6 Å². The molecule has 4 heterocycles. The van der Waals surface area contributed by atoms with Crippen LogP contribution in [-0.2, 0) is 7.05 Å². The quantitative estimate of drug-likeness (QED) is 0.783. The summed E-state index contributed by atoms with van der Waals surface area (Å²) < 4.78 is 8.00. The first-order chi connectivity index (χ1) is 11.7. The summed E-state index contributed by atoms with van der Waals surface area (Å²) in [5.74, 6) is 0.778. The molecular formula is C16H22N6OS. The summed E-state index contributed by atoms with van der Waals surface area (Å²) in [7, 11) is 6.01. The highest BCUT2D eigenvalue weighted by atomic mass is 32.1. The van der Waals surface area contributed by atoms with Gasteiger partial charge in [0, 0.05) is 20.1 Å². The van der Waals surface area contributed by atoms with Crippen molar-refractivity contribution in [3.8, 4) is 5.19 Å². The number of pyridine rings is 1. The summed E-state index contributed by atoms with van der Waals surface area (Å²) in [5.41, 5.74) is 2.70. The fourth-order valence-corrected chi connectivity index (χ4v) is 4.12. The predicted molar refractivity (Wildman–Crippen MR) is 97.0 cm³/mol. The summed E-state index contributed by atoms with van der Waals surface area (Å²) in [6.07, 6.45) is 5.54. The van der Waals surface area contributed by atoms with Gasteiger partial charge in [-0.3, -0.25) is 0 Å². The third kappa shape index (κ3) is 2.59. The maximum Gasteiger partial charge on any atom is 0.275 e. The van der Waals surface area contributed by atoms with Crippen molar-refractivity contribution in [1.29, 1.82) is 0 Å². The lowest BCUT2D eigenvalue weighted by molar-refractivity contribution is 0.125. The van der Waals surface area contributed by atoms with Gasteiger partial charge in [0.2, 0.25) is 0 Å². The number of likely N-dealkylation sites (tertiary alicyclic amines) is 1. The standard InChI is InChI=1S/C16H22N6OS/c1-17-14-11-13(22(3)9-18-11)12-15(20-14)24-16(19-12)23-8-10-6-4-5-7-21(10)2/h9-10H,4-8H2,1-3H3,(H,17,20). The number of aryl methyl sites for hydroxylation is 1. The lowest BCUT2D eigenvalue weighted by Gasteiger charge is -2.31. The molecule has 1 fully saturated rings. The molecule has 0 saturated carbocycles. The Morgan fingerprint density at radius 1 is 1.29 bits per heavy atom. The number of piperidine rings is 1. The van der Waals surface area contributed by atoms with Crippen LogP contribution in [0.4, 0.5) is 5.82 Å². The first kappa shape index (κ1) is 15.6. The molecule has 1 aliphatic heterocycles. The number of fused-ring (bicyclic) bond motifs is 3. The number of anilines is 1. The Labute approximate surface area is 144 Å². The van der Waals surface area contributed by atoms with E-state index in [0.29, 0.717) is 17.8 Å². The Hall–Kier alpha value is -1.93. The smallest absolute Gasteiger partial charge is 0.275 e. The summed E-state index contributed by atoms with van der Waals surface area (Å²) in [6, 6.07) is 0.475. The van der Waals surface area contributed by atoms with Gasteiger partial charge < -0.3 is 19.5 Å². The number of nitrogens with one attached hydrogen (secondary N) is 1. The molecule has 3 aromatic rings. The highest BCUT2D eigenvalue weighted by molar-refractivity contribution is 7.20. The molecule has 24 heavy (non-hydrogen) atoms. The van der Waals surface area contributed by atoms with Gasteiger partial charge in [-0.25, -0.2) is 9.97 Å². The number of ether oxygens (including phenoxy) is 1. The molecule has 0 amide bonds. The van der Waals surface area contributed by atoms with Crippen LogP contribution < -0.4 is 10.1 Å². The molecule has 1 saturated heterocycles. The fourth-order valence-electron chi connectivity index (χ4n) is 3.32. The molecule has 0 aliphatic carbocycles. The van der Waals surface area contributed by atoms with Crippen molar-refractivity contribution in [2.24, 2.45) is 7.05 Å². The number of likely N-dealkylation sites (N-methyl/N-ethyl adjacent to an activating group) is 1. The molecule has 1 N–H and O–H groups in total. The van der Waals surface area contributed by atoms with Crippen LogP contribution in [0.3, 0.4) is 0 Å². The number of hydrogen-bond donors (Lipinski definition) is 1. The van der Waals surface area contributed by atoms with Crippen molar-refractivity contribution >= 4 is 38.5 Å². The van der Waals surface area contributed by atoms with Crippen LogP contribution in [0.25, 0.3) is 21.4 Å². The van der Waals surface area contributed by atoms with Gasteiger partial charge in [0.05, 0.1) is 6.33 Å². The third-order valence-corrected chi connectivity index (χ3v) is 5.61. The summed E-state index contributed by atoms with van der Waals surface area (Å²) in [4.78, 5) is 17.0.